The van der Waals surface area contributed by atoms with Crippen LogP contribution in [0.3, 0.4) is 0 Å². The van der Waals surface area contributed by atoms with E-state index < -0.39 is 0 Å². The maximum Gasteiger partial charge on any atom is 0.191 e. The molecule has 2 N–H and O–H groups in total. The Kier molecular flexibility index (Phi) is 6.98. The first-order chi connectivity index (χ1) is 13.2. The molecule has 3 aromatic rings. The molecule has 3 rings (SSSR count). The number of aliphatic imine (C=N–C) groups is 1. The number of guanidine groups is 1. The van der Waals surface area contributed by atoms with Gasteiger partial charge >= 0.3 is 0 Å². The number of aryl methyl sites for hydroxylation is 1. The van der Waals surface area contributed by atoms with Gasteiger partial charge in [0.15, 0.2) is 5.96 Å². The molecule has 0 aliphatic heterocycles. The Bertz CT molecular complexity index is 852. The number of nitrogens with one attached hydrogen (secondary N) is 2. The molecule has 2 heterocycles. The van der Waals surface area contributed by atoms with Crippen molar-refractivity contribution >= 4 is 17.3 Å². The van der Waals surface area contributed by atoms with Crippen LogP contribution < -0.4 is 10.6 Å². The third-order valence-corrected chi connectivity index (χ3v) is 4.88. The van der Waals surface area contributed by atoms with E-state index in [4.69, 9.17) is 0 Å². The van der Waals surface area contributed by atoms with Gasteiger partial charge in [-0.15, -0.1) is 11.3 Å². The minimum absolute atomic E-state index is 0.533. The van der Waals surface area contributed by atoms with Crippen molar-refractivity contribution in [1.29, 1.82) is 0 Å². The summed E-state index contributed by atoms with van der Waals surface area (Å²) in [6.07, 6.45) is 4.72. The molecule has 0 saturated heterocycles. The molecule has 0 radical (unpaired) electrons. The Hall–Kier alpha value is -2.67. The standard InChI is InChI=1S/C20H26N6S/c1-3-21-20(23-10-9-18-15-27-16(2)25-18)24-13-19-22-11-12-26(19)14-17-7-5-4-6-8-17/h4-8,11-12,15H,3,9-10,13-14H2,1-2H3,(H2,21,23,24). The lowest BCUT2D eigenvalue weighted by atomic mass is 10.2. The fourth-order valence-corrected chi connectivity index (χ4v) is 3.39. The predicted molar refractivity (Wildman–Crippen MR) is 111 cm³/mol. The van der Waals surface area contributed by atoms with Gasteiger partial charge in [0.1, 0.15) is 12.4 Å². The quantitative estimate of drug-likeness (QED) is 0.464. The van der Waals surface area contributed by atoms with E-state index in [1.165, 1.54) is 5.56 Å². The maximum absolute atomic E-state index is 4.69. The van der Waals surface area contributed by atoms with Crippen molar-refractivity contribution in [2.45, 2.75) is 33.4 Å². The molecule has 7 heteroatoms. The lowest BCUT2D eigenvalue weighted by molar-refractivity contribution is 0.716. The number of hydrogen-bond acceptors (Lipinski definition) is 4. The van der Waals surface area contributed by atoms with Gasteiger partial charge in [0, 0.05) is 43.8 Å². The number of thiazole rings is 1. The number of aromatic nitrogens is 3. The first-order valence-electron chi connectivity index (χ1n) is 9.21. The molecule has 1 aromatic carbocycles. The zero-order chi connectivity index (χ0) is 18.9. The van der Waals surface area contributed by atoms with Gasteiger partial charge in [0.25, 0.3) is 0 Å². The van der Waals surface area contributed by atoms with E-state index in [0.717, 1.165) is 48.5 Å². The molecule has 0 fully saturated rings. The van der Waals surface area contributed by atoms with E-state index in [9.17, 15) is 0 Å². The van der Waals surface area contributed by atoms with Crippen molar-refractivity contribution in [1.82, 2.24) is 25.2 Å². The molecule has 0 spiro atoms. The highest BCUT2D eigenvalue weighted by Crippen LogP contribution is 2.08. The van der Waals surface area contributed by atoms with E-state index in [0.29, 0.717) is 6.54 Å². The van der Waals surface area contributed by atoms with Crippen molar-refractivity contribution < 1.29 is 0 Å². The van der Waals surface area contributed by atoms with Gasteiger partial charge in [-0.2, -0.15) is 0 Å². The monoisotopic (exact) mass is 382 g/mol. The van der Waals surface area contributed by atoms with Crippen molar-refractivity contribution in [3.8, 4) is 0 Å². The molecule has 0 aliphatic rings. The van der Waals surface area contributed by atoms with E-state index in [2.05, 4.69) is 66.7 Å². The van der Waals surface area contributed by atoms with Crippen LogP contribution in [0.2, 0.25) is 0 Å². The van der Waals surface area contributed by atoms with Crippen molar-refractivity contribution in [3.63, 3.8) is 0 Å². The van der Waals surface area contributed by atoms with Crippen LogP contribution in [0.4, 0.5) is 0 Å². The van der Waals surface area contributed by atoms with E-state index in [1.807, 2.05) is 25.4 Å². The highest BCUT2D eigenvalue weighted by atomic mass is 32.1. The lowest BCUT2D eigenvalue weighted by Crippen LogP contribution is -2.38. The van der Waals surface area contributed by atoms with Gasteiger partial charge in [-0.05, 0) is 19.4 Å². The van der Waals surface area contributed by atoms with Gasteiger partial charge in [0.05, 0.1) is 10.7 Å². The zero-order valence-electron chi connectivity index (χ0n) is 15.9. The number of imidazole rings is 1. The predicted octanol–water partition coefficient (Wildman–Crippen LogP) is 2.99. The van der Waals surface area contributed by atoms with Crippen LogP contribution in [0.25, 0.3) is 0 Å². The first kappa shape index (κ1) is 19.1. The number of rotatable bonds is 8. The third-order valence-electron chi connectivity index (χ3n) is 4.06. The van der Waals surface area contributed by atoms with E-state index in [-0.39, 0.29) is 0 Å². The molecule has 0 saturated carbocycles. The highest BCUT2D eigenvalue weighted by molar-refractivity contribution is 7.09. The second-order valence-electron chi connectivity index (χ2n) is 6.19. The second kappa shape index (κ2) is 9.87. The molecule has 0 amide bonds. The fraction of sp³-hybridized carbons (Fsp3) is 0.350. The highest BCUT2D eigenvalue weighted by Gasteiger charge is 2.05. The van der Waals surface area contributed by atoms with Gasteiger partial charge in [-0.1, -0.05) is 30.3 Å². The Morgan fingerprint density at radius 3 is 2.81 bits per heavy atom. The summed E-state index contributed by atoms with van der Waals surface area (Å²) in [5.41, 5.74) is 2.38. The zero-order valence-corrected chi connectivity index (χ0v) is 16.7. The van der Waals surface area contributed by atoms with Crippen LogP contribution in [0.15, 0.2) is 53.1 Å². The molecule has 6 nitrogen and oxygen atoms in total. The smallest absolute Gasteiger partial charge is 0.191 e. The lowest BCUT2D eigenvalue weighted by Gasteiger charge is -2.11. The summed E-state index contributed by atoms with van der Waals surface area (Å²) in [6, 6.07) is 10.4. The van der Waals surface area contributed by atoms with E-state index in [1.54, 1.807) is 11.3 Å². The molecular weight excluding hydrogens is 356 g/mol. The topological polar surface area (TPSA) is 67.1 Å². The van der Waals surface area contributed by atoms with Crippen molar-refractivity contribution in [3.05, 3.63) is 70.2 Å². The Morgan fingerprint density at radius 2 is 2.07 bits per heavy atom. The molecule has 27 heavy (non-hydrogen) atoms. The molecule has 2 aromatic heterocycles. The van der Waals surface area contributed by atoms with Crippen molar-refractivity contribution in [2.24, 2.45) is 4.99 Å². The summed E-state index contributed by atoms with van der Waals surface area (Å²) in [6.45, 7) is 7.05. The number of nitrogens with zero attached hydrogens (tertiary/aromatic N) is 4. The van der Waals surface area contributed by atoms with Gasteiger partial charge in [0.2, 0.25) is 0 Å². The van der Waals surface area contributed by atoms with Gasteiger partial charge in [-0.3, -0.25) is 0 Å². The average Bonchev–Trinajstić information content (AvgIpc) is 3.29. The minimum Gasteiger partial charge on any atom is -0.357 e. The molecular formula is C20H26N6S. The Morgan fingerprint density at radius 1 is 1.22 bits per heavy atom. The molecule has 0 unspecified atom stereocenters. The summed E-state index contributed by atoms with van der Waals surface area (Å²) in [5, 5.41) is 9.89. The largest absolute Gasteiger partial charge is 0.357 e. The normalized spacial score (nSPS) is 11.6. The van der Waals surface area contributed by atoms with E-state index >= 15 is 0 Å². The number of hydrogen-bond donors (Lipinski definition) is 2. The molecule has 0 bridgehead atoms. The second-order valence-corrected chi connectivity index (χ2v) is 7.25. The number of benzene rings is 1. The van der Waals surface area contributed by atoms with Gasteiger partial charge in [-0.25, -0.2) is 15.0 Å². The maximum atomic E-state index is 4.69. The van der Waals surface area contributed by atoms with Crippen LogP contribution in [0.1, 0.15) is 29.0 Å². The van der Waals surface area contributed by atoms with Crippen LogP contribution >= 0.6 is 11.3 Å². The molecule has 142 valence electrons. The summed E-state index contributed by atoms with van der Waals surface area (Å²) in [4.78, 5) is 13.7. The first-order valence-corrected chi connectivity index (χ1v) is 10.1. The van der Waals surface area contributed by atoms with Crippen LogP contribution in [0.5, 0.6) is 0 Å². The SMILES string of the molecule is CCNC(=NCc1nccn1Cc1ccccc1)NCCc1csc(C)n1. The van der Waals surface area contributed by atoms with Crippen LogP contribution in [0, 0.1) is 6.92 Å². The third kappa shape index (κ3) is 5.92. The average molecular weight is 383 g/mol. The minimum atomic E-state index is 0.533. The van der Waals surface area contributed by atoms with Gasteiger partial charge < -0.3 is 15.2 Å². The fourth-order valence-electron chi connectivity index (χ4n) is 2.74. The van der Waals surface area contributed by atoms with Crippen molar-refractivity contribution in [2.75, 3.05) is 13.1 Å². The van der Waals surface area contributed by atoms with Crippen LogP contribution in [-0.4, -0.2) is 33.6 Å². The summed E-state index contributed by atoms with van der Waals surface area (Å²) in [7, 11) is 0. The Labute approximate surface area is 164 Å². The summed E-state index contributed by atoms with van der Waals surface area (Å²) in [5.74, 6) is 1.75. The summed E-state index contributed by atoms with van der Waals surface area (Å²) < 4.78 is 2.14. The molecule has 0 aliphatic carbocycles. The summed E-state index contributed by atoms with van der Waals surface area (Å²) >= 11 is 1.69. The van der Waals surface area contributed by atoms with Crippen LogP contribution in [-0.2, 0) is 19.5 Å². The molecule has 0 atom stereocenters. The Balaban J connectivity index is 1.57.